The molecule has 0 bridgehead atoms. The summed E-state index contributed by atoms with van der Waals surface area (Å²) in [4.78, 5) is 25.4. The lowest BCUT2D eigenvalue weighted by atomic mass is 10.4. The number of nitrogens with zero attached hydrogens (tertiary/aromatic N) is 3. The number of rotatable bonds is 5. The van der Waals surface area contributed by atoms with Crippen LogP contribution in [0.2, 0.25) is 5.15 Å². The Hall–Kier alpha value is -1.77. The van der Waals surface area contributed by atoms with Gasteiger partial charge in [-0.25, -0.2) is 15.0 Å². The molecule has 0 aromatic carbocycles. The molecule has 9 heteroatoms. The molecule has 1 amide bonds. The van der Waals surface area contributed by atoms with Crippen LogP contribution >= 0.6 is 34.3 Å². The van der Waals surface area contributed by atoms with Gasteiger partial charge in [0.1, 0.15) is 21.9 Å². The van der Waals surface area contributed by atoms with Gasteiger partial charge in [0, 0.05) is 13.1 Å². The highest BCUT2D eigenvalue weighted by molar-refractivity contribution is 7.16. The van der Waals surface area contributed by atoms with E-state index in [1.54, 1.807) is 16.8 Å². The SMILES string of the molecule is O=C(NCCNc1ncnc2sccc12)c1scnc1Cl. The Bertz CT molecular complexity index is 772. The minimum absolute atomic E-state index is 0.215. The van der Waals surface area contributed by atoms with Gasteiger partial charge in [0.15, 0.2) is 5.15 Å². The summed E-state index contributed by atoms with van der Waals surface area (Å²) in [6, 6.07) is 1.97. The van der Waals surface area contributed by atoms with E-state index in [4.69, 9.17) is 11.6 Å². The Kier molecular flexibility index (Phi) is 4.28. The zero-order valence-electron chi connectivity index (χ0n) is 10.7. The third-order valence-corrected chi connectivity index (χ3v) is 4.74. The molecule has 3 heterocycles. The molecule has 21 heavy (non-hydrogen) atoms. The highest BCUT2D eigenvalue weighted by atomic mass is 35.5. The number of aromatic nitrogens is 3. The number of hydrogen-bond acceptors (Lipinski definition) is 7. The number of carbonyl (C=O) groups is 1. The number of thiazole rings is 1. The zero-order valence-corrected chi connectivity index (χ0v) is 13.1. The third kappa shape index (κ3) is 3.12. The molecule has 0 aliphatic rings. The van der Waals surface area contributed by atoms with E-state index in [-0.39, 0.29) is 11.1 Å². The molecular weight excluding hydrogens is 330 g/mol. The number of nitrogens with one attached hydrogen (secondary N) is 2. The van der Waals surface area contributed by atoms with Gasteiger partial charge in [-0.05, 0) is 11.4 Å². The van der Waals surface area contributed by atoms with Crippen LogP contribution < -0.4 is 10.6 Å². The number of halogens is 1. The summed E-state index contributed by atoms with van der Waals surface area (Å²) in [7, 11) is 0. The van der Waals surface area contributed by atoms with Gasteiger partial charge in [0.05, 0.1) is 10.9 Å². The number of carbonyl (C=O) groups excluding carboxylic acids is 1. The molecular formula is C12H10ClN5OS2. The van der Waals surface area contributed by atoms with Crippen molar-refractivity contribution in [2.75, 3.05) is 18.4 Å². The lowest BCUT2D eigenvalue weighted by Crippen LogP contribution is -2.28. The summed E-state index contributed by atoms with van der Waals surface area (Å²) in [6.45, 7) is 1.02. The first-order chi connectivity index (χ1) is 10.3. The molecule has 3 aromatic heterocycles. The fraction of sp³-hybridized carbons (Fsp3) is 0.167. The molecule has 0 saturated heterocycles. The normalized spacial score (nSPS) is 10.7. The maximum absolute atomic E-state index is 11.8. The Labute approximate surface area is 133 Å². The average molecular weight is 340 g/mol. The molecule has 3 rings (SSSR count). The summed E-state index contributed by atoms with van der Waals surface area (Å²) in [5.74, 6) is 0.555. The van der Waals surface area contributed by atoms with Crippen LogP contribution in [0.5, 0.6) is 0 Å². The van der Waals surface area contributed by atoms with E-state index >= 15 is 0 Å². The second kappa shape index (κ2) is 6.33. The van der Waals surface area contributed by atoms with E-state index in [1.807, 2.05) is 11.4 Å². The van der Waals surface area contributed by atoms with E-state index in [0.29, 0.717) is 18.0 Å². The van der Waals surface area contributed by atoms with E-state index in [1.165, 1.54) is 17.7 Å². The Morgan fingerprint density at radius 2 is 2.14 bits per heavy atom. The Morgan fingerprint density at radius 1 is 1.24 bits per heavy atom. The average Bonchev–Trinajstić information content (AvgIpc) is 3.12. The summed E-state index contributed by atoms with van der Waals surface area (Å²) < 4.78 is 0. The monoisotopic (exact) mass is 339 g/mol. The van der Waals surface area contributed by atoms with Crippen LogP contribution in [0.3, 0.4) is 0 Å². The first-order valence-electron chi connectivity index (χ1n) is 6.05. The molecule has 3 aromatic rings. The van der Waals surface area contributed by atoms with Gasteiger partial charge in [-0.1, -0.05) is 11.6 Å². The standard InChI is InChI=1S/C12H10ClN5OS2/c13-9-8(21-6-18-9)11(19)15-3-2-14-10-7-1-4-20-12(7)17-5-16-10/h1,4-6H,2-3H2,(H,15,19)(H,14,16,17). The predicted molar refractivity (Wildman–Crippen MR) is 85.4 cm³/mol. The lowest BCUT2D eigenvalue weighted by Gasteiger charge is -2.07. The number of anilines is 1. The van der Waals surface area contributed by atoms with Crippen molar-refractivity contribution in [1.82, 2.24) is 20.3 Å². The van der Waals surface area contributed by atoms with Crippen molar-refractivity contribution >= 4 is 56.2 Å². The van der Waals surface area contributed by atoms with Gasteiger partial charge in [0.25, 0.3) is 5.91 Å². The maximum atomic E-state index is 11.8. The number of amides is 1. The molecule has 0 radical (unpaired) electrons. The van der Waals surface area contributed by atoms with Crippen molar-refractivity contribution in [3.63, 3.8) is 0 Å². The van der Waals surface area contributed by atoms with Gasteiger partial charge in [0.2, 0.25) is 0 Å². The van der Waals surface area contributed by atoms with Gasteiger partial charge >= 0.3 is 0 Å². The van der Waals surface area contributed by atoms with Crippen molar-refractivity contribution in [3.05, 3.63) is 33.3 Å². The Morgan fingerprint density at radius 3 is 2.95 bits per heavy atom. The van der Waals surface area contributed by atoms with Crippen LogP contribution in [0.25, 0.3) is 10.2 Å². The van der Waals surface area contributed by atoms with E-state index in [9.17, 15) is 4.79 Å². The molecule has 0 unspecified atom stereocenters. The fourth-order valence-corrected chi connectivity index (χ4v) is 3.40. The largest absolute Gasteiger partial charge is 0.368 e. The van der Waals surface area contributed by atoms with E-state index < -0.39 is 0 Å². The second-order valence-corrected chi connectivity index (χ2v) is 6.12. The molecule has 0 aliphatic carbocycles. The van der Waals surface area contributed by atoms with Crippen molar-refractivity contribution < 1.29 is 4.79 Å². The molecule has 6 nitrogen and oxygen atoms in total. The number of hydrogen-bond donors (Lipinski definition) is 2. The summed E-state index contributed by atoms with van der Waals surface area (Å²) in [5, 5.41) is 9.16. The van der Waals surface area contributed by atoms with Gasteiger partial charge in [-0.3, -0.25) is 4.79 Å². The molecule has 0 spiro atoms. The topological polar surface area (TPSA) is 79.8 Å². The van der Waals surface area contributed by atoms with Crippen LogP contribution in [0.1, 0.15) is 9.67 Å². The number of thiophene rings is 1. The minimum atomic E-state index is -0.215. The predicted octanol–water partition coefficient (Wildman–Crippen LogP) is 2.64. The first kappa shape index (κ1) is 14.2. The highest BCUT2D eigenvalue weighted by Crippen LogP contribution is 2.23. The summed E-state index contributed by atoms with van der Waals surface area (Å²) >= 11 is 8.59. The summed E-state index contributed by atoms with van der Waals surface area (Å²) in [5.41, 5.74) is 1.55. The van der Waals surface area contributed by atoms with E-state index in [2.05, 4.69) is 25.6 Å². The van der Waals surface area contributed by atoms with Crippen LogP contribution in [0, 0.1) is 0 Å². The molecule has 0 atom stereocenters. The minimum Gasteiger partial charge on any atom is -0.368 e. The van der Waals surface area contributed by atoms with Crippen LogP contribution in [0.4, 0.5) is 5.82 Å². The fourth-order valence-electron chi connectivity index (χ4n) is 1.75. The Balaban J connectivity index is 1.54. The highest BCUT2D eigenvalue weighted by Gasteiger charge is 2.12. The van der Waals surface area contributed by atoms with Crippen LogP contribution in [0.15, 0.2) is 23.3 Å². The maximum Gasteiger partial charge on any atom is 0.264 e. The molecule has 0 fully saturated rings. The lowest BCUT2D eigenvalue weighted by molar-refractivity contribution is 0.0959. The van der Waals surface area contributed by atoms with Crippen molar-refractivity contribution in [2.24, 2.45) is 0 Å². The molecule has 2 N–H and O–H groups in total. The zero-order chi connectivity index (χ0) is 14.7. The van der Waals surface area contributed by atoms with Crippen molar-refractivity contribution in [1.29, 1.82) is 0 Å². The van der Waals surface area contributed by atoms with E-state index in [0.717, 1.165) is 16.0 Å². The van der Waals surface area contributed by atoms with Crippen molar-refractivity contribution in [2.45, 2.75) is 0 Å². The molecule has 0 aliphatic heterocycles. The molecule has 108 valence electrons. The smallest absolute Gasteiger partial charge is 0.264 e. The third-order valence-electron chi connectivity index (χ3n) is 2.69. The van der Waals surface area contributed by atoms with Crippen molar-refractivity contribution in [3.8, 4) is 0 Å². The van der Waals surface area contributed by atoms with Gasteiger partial charge < -0.3 is 10.6 Å². The first-order valence-corrected chi connectivity index (χ1v) is 8.18. The molecule has 0 saturated carbocycles. The second-order valence-electron chi connectivity index (χ2n) is 4.02. The van der Waals surface area contributed by atoms with Gasteiger partial charge in [-0.2, -0.15) is 0 Å². The van der Waals surface area contributed by atoms with Crippen LogP contribution in [-0.4, -0.2) is 33.9 Å². The van der Waals surface area contributed by atoms with Crippen LogP contribution in [-0.2, 0) is 0 Å². The summed E-state index contributed by atoms with van der Waals surface area (Å²) in [6.07, 6.45) is 1.52. The quantitative estimate of drug-likeness (QED) is 0.698. The number of fused-ring (bicyclic) bond motifs is 1. The van der Waals surface area contributed by atoms with Gasteiger partial charge in [-0.15, -0.1) is 22.7 Å².